The van der Waals surface area contributed by atoms with Gasteiger partial charge in [0.15, 0.2) is 0 Å². The lowest BCUT2D eigenvalue weighted by Crippen LogP contribution is -2.38. The van der Waals surface area contributed by atoms with Crippen molar-refractivity contribution in [1.82, 2.24) is 5.32 Å². The van der Waals surface area contributed by atoms with Crippen LogP contribution >= 0.6 is 39.1 Å². The third-order valence-corrected chi connectivity index (χ3v) is 3.18. The van der Waals surface area contributed by atoms with E-state index in [1.165, 1.54) is 0 Å². The maximum Gasteiger partial charge on any atom is 0.236 e. The Morgan fingerprint density at radius 1 is 1.41 bits per heavy atom. The van der Waals surface area contributed by atoms with Crippen LogP contribution in [0.2, 0.25) is 10.0 Å². The molecule has 0 unspecified atom stereocenters. The summed E-state index contributed by atoms with van der Waals surface area (Å²) in [5.41, 5.74) is 0.976. The van der Waals surface area contributed by atoms with Gasteiger partial charge >= 0.3 is 0 Å². The number of carbonyl (C=O) groups excluding carboxylic acids is 1. The summed E-state index contributed by atoms with van der Waals surface area (Å²) in [6, 6.07) is 5.36. The SMILES string of the molecule is CC(C)(Br)C(=O)NCCc1ccc(Cl)cc1Cl. The molecule has 0 heterocycles. The molecular formula is C12H14BrCl2NO. The van der Waals surface area contributed by atoms with Gasteiger partial charge < -0.3 is 5.32 Å². The van der Waals surface area contributed by atoms with E-state index < -0.39 is 4.32 Å². The Labute approximate surface area is 120 Å². The molecule has 1 amide bonds. The van der Waals surface area contributed by atoms with Gasteiger partial charge in [-0.2, -0.15) is 0 Å². The molecule has 1 aromatic carbocycles. The monoisotopic (exact) mass is 337 g/mol. The summed E-state index contributed by atoms with van der Waals surface area (Å²) in [5.74, 6) is -0.0393. The van der Waals surface area contributed by atoms with E-state index in [1.54, 1.807) is 26.0 Å². The number of nitrogens with one attached hydrogen (secondary N) is 1. The summed E-state index contributed by atoms with van der Waals surface area (Å²) >= 11 is 15.1. The summed E-state index contributed by atoms with van der Waals surface area (Å²) < 4.78 is -0.545. The third-order valence-electron chi connectivity index (χ3n) is 2.23. The zero-order chi connectivity index (χ0) is 13.1. The summed E-state index contributed by atoms with van der Waals surface area (Å²) in [6.45, 7) is 4.16. The van der Waals surface area contributed by atoms with E-state index in [-0.39, 0.29) is 5.91 Å². The molecule has 0 aliphatic carbocycles. The molecule has 1 N–H and O–H groups in total. The first-order valence-electron chi connectivity index (χ1n) is 5.22. The molecule has 0 bridgehead atoms. The van der Waals surface area contributed by atoms with E-state index in [1.807, 2.05) is 6.07 Å². The second-order valence-corrected chi connectivity index (χ2v) is 7.04. The molecule has 1 aromatic rings. The molecule has 17 heavy (non-hydrogen) atoms. The molecule has 2 nitrogen and oxygen atoms in total. The van der Waals surface area contributed by atoms with Crippen LogP contribution in [0.1, 0.15) is 19.4 Å². The average molecular weight is 339 g/mol. The van der Waals surface area contributed by atoms with Gasteiger partial charge in [0.05, 0.1) is 4.32 Å². The van der Waals surface area contributed by atoms with Crippen molar-refractivity contribution in [3.8, 4) is 0 Å². The summed E-state index contributed by atoms with van der Waals surface area (Å²) in [6.07, 6.45) is 0.685. The number of hydrogen-bond donors (Lipinski definition) is 1. The highest BCUT2D eigenvalue weighted by molar-refractivity contribution is 9.10. The summed E-state index contributed by atoms with van der Waals surface area (Å²) in [5, 5.41) is 4.08. The number of amides is 1. The van der Waals surface area contributed by atoms with E-state index in [9.17, 15) is 4.79 Å². The van der Waals surface area contributed by atoms with E-state index in [0.717, 1.165) is 5.56 Å². The van der Waals surface area contributed by atoms with Crippen molar-refractivity contribution in [2.24, 2.45) is 0 Å². The van der Waals surface area contributed by atoms with Gasteiger partial charge in [-0.15, -0.1) is 0 Å². The Kier molecular flexibility index (Phi) is 5.29. The highest BCUT2D eigenvalue weighted by Gasteiger charge is 2.22. The maximum atomic E-state index is 11.6. The molecule has 0 spiro atoms. The summed E-state index contributed by atoms with van der Waals surface area (Å²) in [4.78, 5) is 11.6. The smallest absolute Gasteiger partial charge is 0.236 e. The van der Waals surface area contributed by atoms with Crippen LogP contribution in [-0.4, -0.2) is 16.8 Å². The molecule has 0 aromatic heterocycles. The third kappa shape index (κ3) is 4.86. The Morgan fingerprint density at radius 3 is 2.59 bits per heavy atom. The minimum absolute atomic E-state index is 0.0393. The van der Waals surface area contributed by atoms with Gasteiger partial charge in [-0.1, -0.05) is 45.2 Å². The number of rotatable bonds is 4. The molecule has 0 fully saturated rings. The van der Waals surface area contributed by atoms with Crippen molar-refractivity contribution in [2.45, 2.75) is 24.6 Å². The molecule has 0 atom stereocenters. The van der Waals surface area contributed by atoms with Gasteiger partial charge in [-0.3, -0.25) is 4.79 Å². The average Bonchev–Trinajstić information content (AvgIpc) is 2.19. The van der Waals surface area contributed by atoms with E-state index in [4.69, 9.17) is 23.2 Å². The van der Waals surface area contributed by atoms with Crippen molar-refractivity contribution in [3.63, 3.8) is 0 Å². The van der Waals surface area contributed by atoms with Crippen LogP contribution in [-0.2, 0) is 11.2 Å². The fourth-order valence-corrected chi connectivity index (χ4v) is 1.89. The Hall–Kier alpha value is -0.250. The number of carbonyl (C=O) groups is 1. The minimum Gasteiger partial charge on any atom is -0.355 e. The molecular weight excluding hydrogens is 325 g/mol. The maximum absolute atomic E-state index is 11.6. The molecule has 0 aliphatic rings. The fraction of sp³-hybridized carbons (Fsp3) is 0.417. The highest BCUT2D eigenvalue weighted by atomic mass is 79.9. The molecule has 1 rings (SSSR count). The topological polar surface area (TPSA) is 29.1 Å². The number of hydrogen-bond acceptors (Lipinski definition) is 1. The molecule has 0 aliphatic heterocycles. The lowest BCUT2D eigenvalue weighted by atomic mass is 10.1. The molecule has 0 radical (unpaired) electrons. The number of alkyl halides is 1. The first-order chi connectivity index (χ1) is 7.80. The Bertz CT molecular complexity index is 415. The van der Waals surface area contributed by atoms with Gasteiger partial charge in [0, 0.05) is 16.6 Å². The van der Waals surface area contributed by atoms with Crippen LogP contribution in [0, 0.1) is 0 Å². The van der Waals surface area contributed by atoms with Gasteiger partial charge in [0.25, 0.3) is 0 Å². The van der Waals surface area contributed by atoms with Crippen molar-refractivity contribution < 1.29 is 4.79 Å². The van der Waals surface area contributed by atoms with Gasteiger partial charge in [-0.05, 0) is 38.0 Å². The van der Waals surface area contributed by atoms with Gasteiger partial charge in [0.1, 0.15) is 0 Å². The number of benzene rings is 1. The second kappa shape index (κ2) is 6.07. The van der Waals surface area contributed by atoms with Crippen LogP contribution in [0.4, 0.5) is 0 Å². The fourth-order valence-electron chi connectivity index (χ4n) is 1.25. The van der Waals surface area contributed by atoms with Crippen molar-refractivity contribution in [3.05, 3.63) is 33.8 Å². The number of halogens is 3. The largest absolute Gasteiger partial charge is 0.355 e. The van der Waals surface area contributed by atoms with Crippen LogP contribution in [0.25, 0.3) is 0 Å². The zero-order valence-electron chi connectivity index (χ0n) is 9.69. The first-order valence-corrected chi connectivity index (χ1v) is 6.77. The second-order valence-electron chi connectivity index (χ2n) is 4.21. The van der Waals surface area contributed by atoms with E-state index in [2.05, 4.69) is 21.2 Å². The van der Waals surface area contributed by atoms with Crippen molar-refractivity contribution in [1.29, 1.82) is 0 Å². The van der Waals surface area contributed by atoms with Crippen LogP contribution < -0.4 is 5.32 Å². The van der Waals surface area contributed by atoms with Gasteiger partial charge in [0.2, 0.25) is 5.91 Å². The van der Waals surface area contributed by atoms with Crippen LogP contribution in [0.15, 0.2) is 18.2 Å². The molecule has 0 saturated heterocycles. The minimum atomic E-state index is -0.545. The quantitative estimate of drug-likeness (QED) is 0.830. The Balaban J connectivity index is 2.49. The molecule has 94 valence electrons. The van der Waals surface area contributed by atoms with E-state index in [0.29, 0.717) is 23.0 Å². The predicted molar refractivity (Wildman–Crippen MR) is 76.2 cm³/mol. The van der Waals surface area contributed by atoms with Crippen molar-refractivity contribution >= 4 is 45.0 Å². The van der Waals surface area contributed by atoms with E-state index >= 15 is 0 Å². The van der Waals surface area contributed by atoms with Crippen molar-refractivity contribution in [2.75, 3.05) is 6.54 Å². The van der Waals surface area contributed by atoms with Gasteiger partial charge in [-0.25, -0.2) is 0 Å². The highest BCUT2D eigenvalue weighted by Crippen LogP contribution is 2.21. The lowest BCUT2D eigenvalue weighted by molar-refractivity contribution is -0.122. The summed E-state index contributed by atoms with van der Waals surface area (Å²) in [7, 11) is 0. The van der Waals surface area contributed by atoms with Crippen LogP contribution in [0.5, 0.6) is 0 Å². The molecule has 0 saturated carbocycles. The molecule has 5 heteroatoms. The Morgan fingerprint density at radius 2 is 2.06 bits per heavy atom. The predicted octanol–water partition coefficient (Wildman–Crippen LogP) is 3.83. The standard InChI is InChI=1S/C12H14BrCl2NO/c1-12(2,13)11(17)16-6-5-8-3-4-9(14)7-10(8)15/h3-4,7H,5-6H2,1-2H3,(H,16,17). The lowest BCUT2D eigenvalue weighted by Gasteiger charge is -2.15. The van der Waals surface area contributed by atoms with Crippen LogP contribution in [0.3, 0.4) is 0 Å². The first kappa shape index (κ1) is 14.8. The normalized spacial score (nSPS) is 11.4. The zero-order valence-corrected chi connectivity index (χ0v) is 12.8.